The molecule has 0 amide bonds. The first-order valence-electron chi connectivity index (χ1n) is 6.22. The fraction of sp³-hybridized carbons (Fsp3) is 0.500. The van der Waals surface area contributed by atoms with Crippen molar-refractivity contribution in [3.8, 4) is 0 Å². The van der Waals surface area contributed by atoms with Gasteiger partial charge in [0.25, 0.3) is 0 Å². The van der Waals surface area contributed by atoms with Crippen molar-refractivity contribution in [2.75, 3.05) is 11.5 Å². The number of halogens is 2. The summed E-state index contributed by atoms with van der Waals surface area (Å²) in [5.74, 6) is -0.937. The van der Waals surface area contributed by atoms with E-state index >= 15 is 0 Å². The van der Waals surface area contributed by atoms with Gasteiger partial charge < -0.3 is 5.73 Å². The molecule has 1 aliphatic heterocycles. The number of benzene rings is 1. The Kier molecular flexibility index (Phi) is 5.00. The zero-order chi connectivity index (χ0) is 14.8. The number of nitrogens with two attached hydrogens (primary N) is 1. The van der Waals surface area contributed by atoms with Gasteiger partial charge >= 0.3 is 0 Å². The number of hydrogen-bond donors (Lipinski definition) is 2. The Bertz CT molecular complexity index is 587. The molecule has 0 bridgehead atoms. The zero-order valence-electron chi connectivity index (χ0n) is 10.7. The van der Waals surface area contributed by atoms with Gasteiger partial charge in [-0.25, -0.2) is 21.9 Å². The van der Waals surface area contributed by atoms with Crippen molar-refractivity contribution in [3.05, 3.63) is 29.3 Å². The quantitative estimate of drug-likeness (QED) is 0.883. The Morgan fingerprint density at radius 1 is 1.40 bits per heavy atom. The summed E-state index contributed by atoms with van der Waals surface area (Å²) in [6.45, 7) is -0.0565. The minimum absolute atomic E-state index is 0.0565. The van der Waals surface area contributed by atoms with Gasteiger partial charge in [0, 0.05) is 18.3 Å². The highest BCUT2D eigenvalue weighted by Crippen LogP contribution is 2.23. The topological polar surface area (TPSA) is 72.2 Å². The molecule has 3 N–H and O–H groups in total. The first kappa shape index (κ1) is 15.7. The van der Waals surface area contributed by atoms with E-state index in [1.165, 1.54) is 0 Å². The van der Waals surface area contributed by atoms with Gasteiger partial charge in [-0.05, 0) is 36.3 Å². The summed E-state index contributed by atoms with van der Waals surface area (Å²) in [5.41, 5.74) is 5.60. The van der Waals surface area contributed by atoms with Crippen LogP contribution in [0, 0.1) is 11.6 Å². The first-order valence-corrected chi connectivity index (χ1v) is 8.86. The summed E-state index contributed by atoms with van der Waals surface area (Å²) in [7, 11) is -4.08. The van der Waals surface area contributed by atoms with Gasteiger partial charge in [-0.3, -0.25) is 0 Å². The first-order chi connectivity index (χ1) is 9.44. The molecule has 1 atom stereocenters. The van der Waals surface area contributed by atoms with Crippen LogP contribution in [0.1, 0.15) is 18.4 Å². The molecule has 0 radical (unpaired) electrons. The summed E-state index contributed by atoms with van der Waals surface area (Å²) >= 11 is 1.64. The smallest absolute Gasteiger partial charge is 0.243 e. The highest BCUT2D eigenvalue weighted by molar-refractivity contribution is 7.99. The number of nitrogens with one attached hydrogen (secondary N) is 1. The molecule has 2 rings (SSSR count). The molecule has 1 unspecified atom stereocenters. The Morgan fingerprint density at radius 2 is 2.15 bits per heavy atom. The molecule has 4 nitrogen and oxygen atoms in total. The summed E-state index contributed by atoms with van der Waals surface area (Å²) in [6.07, 6.45) is 1.60. The van der Waals surface area contributed by atoms with Crippen molar-refractivity contribution >= 4 is 21.8 Å². The normalized spacial score (nSPS) is 20.1. The average molecular weight is 322 g/mol. The van der Waals surface area contributed by atoms with E-state index in [0.717, 1.165) is 24.3 Å². The number of sulfonamides is 1. The molecule has 0 spiro atoms. The van der Waals surface area contributed by atoms with E-state index in [1.807, 2.05) is 0 Å². The van der Waals surface area contributed by atoms with E-state index in [0.29, 0.717) is 12.2 Å². The maximum Gasteiger partial charge on any atom is 0.243 e. The van der Waals surface area contributed by atoms with Crippen LogP contribution < -0.4 is 10.5 Å². The van der Waals surface area contributed by atoms with Crippen LogP contribution in [0.15, 0.2) is 17.0 Å². The number of rotatable bonds is 4. The van der Waals surface area contributed by atoms with Crippen LogP contribution >= 0.6 is 11.8 Å². The third kappa shape index (κ3) is 3.49. The molecule has 0 saturated carbocycles. The Hall–Kier alpha value is -0.700. The lowest BCUT2D eigenvalue weighted by Gasteiger charge is -2.22. The number of thioether (sulfide) groups is 1. The molecule has 1 fully saturated rings. The summed E-state index contributed by atoms with van der Waals surface area (Å²) in [6, 6.07) is 1.74. The Morgan fingerprint density at radius 3 is 2.75 bits per heavy atom. The Labute approximate surface area is 121 Å². The lowest BCUT2D eigenvalue weighted by Crippen LogP contribution is -2.38. The maximum atomic E-state index is 13.7. The van der Waals surface area contributed by atoms with Crippen LogP contribution in [0.5, 0.6) is 0 Å². The second kappa shape index (κ2) is 6.38. The van der Waals surface area contributed by atoms with Crippen molar-refractivity contribution in [3.63, 3.8) is 0 Å². The van der Waals surface area contributed by atoms with Crippen molar-refractivity contribution in [1.82, 2.24) is 4.72 Å². The van der Waals surface area contributed by atoms with Crippen LogP contribution in [-0.4, -0.2) is 26.0 Å². The minimum Gasteiger partial charge on any atom is -0.326 e. The van der Waals surface area contributed by atoms with Gasteiger partial charge in [-0.1, -0.05) is 0 Å². The van der Waals surface area contributed by atoms with Gasteiger partial charge in [0.2, 0.25) is 10.0 Å². The molecule has 112 valence electrons. The van der Waals surface area contributed by atoms with E-state index in [1.54, 1.807) is 11.8 Å². The van der Waals surface area contributed by atoms with Crippen LogP contribution in [0.25, 0.3) is 0 Å². The van der Waals surface area contributed by atoms with E-state index in [-0.39, 0.29) is 18.2 Å². The molecule has 20 heavy (non-hydrogen) atoms. The standard InChI is InChI=1S/C12H16F2N2O2S2/c13-10-4-8(6-15)5-11(12(10)14)20(17,18)16-9-2-1-3-19-7-9/h4-5,9,16H,1-3,6-7,15H2. The monoisotopic (exact) mass is 322 g/mol. The van der Waals surface area contributed by atoms with Crippen LogP contribution in [0.4, 0.5) is 8.78 Å². The highest BCUT2D eigenvalue weighted by atomic mass is 32.2. The van der Waals surface area contributed by atoms with Crippen LogP contribution in [0.2, 0.25) is 0 Å². The lowest BCUT2D eigenvalue weighted by atomic mass is 10.2. The van der Waals surface area contributed by atoms with E-state index in [9.17, 15) is 17.2 Å². The molecule has 1 aromatic carbocycles. The second-order valence-corrected chi connectivity index (χ2v) is 7.46. The van der Waals surface area contributed by atoms with Crippen molar-refractivity contribution in [2.45, 2.75) is 30.3 Å². The molecule has 1 saturated heterocycles. The fourth-order valence-corrected chi connectivity index (χ4v) is 4.63. The van der Waals surface area contributed by atoms with Crippen molar-refractivity contribution in [1.29, 1.82) is 0 Å². The van der Waals surface area contributed by atoms with E-state index in [2.05, 4.69) is 4.72 Å². The average Bonchev–Trinajstić information content (AvgIpc) is 2.42. The highest BCUT2D eigenvalue weighted by Gasteiger charge is 2.26. The van der Waals surface area contributed by atoms with Gasteiger partial charge in [0.15, 0.2) is 11.6 Å². The minimum atomic E-state index is -4.08. The largest absolute Gasteiger partial charge is 0.326 e. The van der Waals surface area contributed by atoms with Gasteiger partial charge in [-0.15, -0.1) is 0 Å². The lowest BCUT2D eigenvalue weighted by molar-refractivity contribution is 0.478. The van der Waals surface area contributed by atoms with Crippen LogP contribution in [0.3, 0.4) is 0 Å². The molecule has 1 aliphatic rings. The summed E-state index contributed by atoms with van der Waals surface area (Å²) in [4.78, 5) is -0.673. The molecular formula is C12H16F2N2O2S2. The van der Waals surface area contributed by atoms with E-state index in [4.69, 9.17) is 5.73 Å². The third-order valence-electron chi connectivity index (χ3n) is 3.06. The predicted molar refractivity (Wildman–Crippen MR) is 74.9 cm³/mol. The van der Waals surface area contributed by atoms with Gasteiger partial charge in [0.05, 0.1) is 0 Å². The Balaban J connectivity index is 2.30. The summed E-state index contributed by atoms with van der Waals surface area (Å²) < 4.78 is 53.9. The van der Waals surface area contributed by atoms with Gasteiger partial charge in [0.1, 0.15) is 4.90 Å². The molecule has 0 aliphatic carbocycles. The van der Waals surface area contributed by atoms with Crippen molar-refractivity contribution < 1.29 is 17.2 Å². The maximum absolute atomic E-state index is 13.7. The SMILES string of the molecule is NCc1cc(F)c(F)c(S(=O)(=O)NC2CCCSC2)c1. The molecule has 1 heterocycles. The molecule has 0 aromatic heterocycles. The molecule has 1 aromatic rings. The molecule has 8 heteroatoms. The predicted octanol–water partition coefficient (Wildman–Crippen LogP) is 1.60. The summed E-state index contributed by atoms with van der Waals surface area (Å²) in [5, 5.41) is 0. The van der Waals surface area contributed by atoms with Crippen LogP contribution in [-0.2, 0) is 16.6 Å². The van der Waals surface area contributed by atoms with Crippen molar-refractivity contribution in [2.24, 2.45) is 5.73 Å². The second-order valence-electron chi connectivity index (χ2n) is 4.63. The van der Waals surface area contributed by atoms with Gasteiger partial charge in [-0.2, -0.15) is 11.8 Å². The zero-order valence-corrected chi connectivity index (χ0v) is 12.4. The molecular weight excluding hydrogens is 306 g/mol. The fourth-order valence-electron chi connectivity index (χ4n) is 2.05. The number of hydrogen-bond acceptors (Lipinski definition) is 4. The third-order valence-corrected chi connectivity index (χ3v) is 5.80. The van der Waals surface area contributed by atoms with E-state index < -0.39 is 26.6 Å².